The Hall–Kier alpha value is -4.03. The van der Waals surface area contributed by atoms with Crippen LogP contribution in [0.4, 0.5) is 5.69 Å². The van der Waals surface area contributed by atoms with Crippen LogP contribution in [0.3, 0.4) is 0 Å². The van der Waals surface area contributed by atoms with Gasteiger partial charge in [0.25, 0.3) is 5.91 Å². The average molecular weight is 470 g/mol. The minimum absolute atomic E-state index is 0.0260. The van der Waals surface area contributed by atoms with Crippen molar-refractivity contribution in [2.24, 2.45) is 5.73 Å². The van der Waals surface area contributed by atoms with E-state index in [0.717, 1.165) is 49.0 Å². The van der Waals surface area contributed by atoms with Crippen molar-refractivity contribution in [3.63, 3.8) is 0 Å². The number of rotatable bonds is 6. The van der Waals surface area contributed by atoms with Crippen LogP contribution in [0, 0.1) is 11.3 Å². The topological polar surface area (TPSA) is 128 Å². The van der Waals surface area contributed by atoms with Crippen molar-refractivity contribution in [2.45, 2.75) is 31.3 Å². The summed E-state index contributed by atoms with van der Waals surface area (Å²) in [7, 11) is 0. The molecule has 9 nitrogen and oxygen atoms in total. The number of anilines is 1. The zero-order valence-electron chi connectivity index (χ0n) is 19.4. The lowest BCUT2D eigenvalue weighted by Crippen LogP contribution is -2.42. The van der Waals surface area contributed by atoms with E-state index >= 15 is 0 Å². The number of amides is 2. The van der Waals surface area contributed by atoms with E-state index in [9.17, 15) is 14.9 Å². The lowest BCUT2D eigenvalue weighted by Gasteiger charge is -2.23. The number of likely N-dealkylation sites (tertiary alicyclic amines) is 2. The molecule has 1 aromatic carbocycles. The molecule has 0 saturated carbocycles. The third-order valence-corrected chi connectivity index (χ3v) is 6.79. The first kappa shape index (κ1) is 22.7. The third kappa shape index (κ3) is 4.66. The Kier molecular flexibility index (Phi) is 6.29. The molecule has 2 aliphatic heterocycles. The van der Waals surface area contributed by atoms with Gasteiger partial charge in [-0.1, -0.05) is 0 Å². The Balaban J connectivity index is 1.33. The van der Waals surface area contributed by atoms with Crippen LogP contribution in [-0.2, 0) is 4.79 Å². The molecule has 3 N–H and O–H groups in total. The van der Waals surface area contributed by atoms with Gasteiger partial charge in [-0.15, -0.1) is 0 Å². The zero-order chi connectivity index (χ0) is 24.4. The lowest BCUT2D eigenvalue weighted by atomic mass is 10.0. The summed E-state index contributed by atoms with van der Waals surface area (Å²) in [5, 5.41) is 13.7. The molecule has 2 atom stereocenters. The first-order chi connectivity index (χ1) is 17.0. The van der Waals surface area contributed by atoms with Gasteiger partial charge in [-0.05, 0) is 55.7 Å². The van der Waals surface area contributed by atoms with Crippen LogP contribution in [0.25, 0.3) is 22.2 Å². The number of aromatic nitrogens is 2. The van der Waals surface area contributed by atoms with E-state index in [0.29, 0.717) is 29.9 Å². The van der Waals surface area contributed by atoms with Gasteiger partial charge in [-0.25, -0.2) is 4.98 Å². The number of hydrogen-bond acceptors (Lipinski definition) is 7. The van der Waals surface area contributed by atoms with E-state index < -0.39 is 5.91 Å². The van der Waals surface area contributed by atoms with Crippen LogP contribution < -0.4 is 11.1 Å². The van der Waals surface area contributed by atoms with Gasteiger partial charge in [0.1, 0.15) is 6.04 Å². The molecule has 4 heterocycles. The number of hydrogen-bond donors (Lipinski definition) is 2. The standard InChI is InChI=1S/C26H27N7O2/c27-13-19-4-2-11-33(19)24(34)16-32-12-9-18(15-32)30-23-8-6-21(26(28)35)25-20(23)5-7-22(31-25)17-3-1-10-29-14-17/h1,3,5-8,10,14,18-19,30H,2,4,9,11-12,15-16H2,(H2,28,35)/t18-,19-/m0/s1. The number of nitrogens with zero attached hydrogens (tertiary/aromatic N) is 5. The monoisotopic (exact) mass is 469 g/mol. The predicted octanol–water partition coefficient (Wildman–Crippen LogP) is 2.40. The highest BCUT2D eigenvalue weighted by Gasteiger charge is 2.31. The van der Waals surface area contributed by atoms with Crippen molar-refractivity contribution in [1.29, 1.82) is 5.26 Å². The van der Waals surface area contributed by atoms with Gasteiger partial charge in [-0.2, -0.15) is 5.26 Å². The van der Waals surface area contributed by atoms with E-state index in [-0.39, 0.29) is 18.0 Å². The van der Waals surface area contributed by atoms with Crippen LogP contribution in [-0.4, -0.2) is 69.8 Å². The third-order valence-electron chi connectivity index (χ3n) is 6.79. The van der Waals surface area contributed by atoms with E-state index in [1.165, 1.54) is 0 Å². The normalized spacial score (nSPS) is 20.1. The van der Waals surface area contributed by atoms with E-state index in [2.05, 4.69) is 21.3 Å². The Labute approximate surface area is 203 Å². The Bertz CT molecular complexity index is 1300. The van der Waals surface area contributed by atoms with Gasteiger partial charge >= 0.3 is 0 Å². The summed E-state index contributed by atoms with van der Waals surface area (Å²) in [5.41, 5.74) is 9.00. The van der Waals surface area contributed by atoms with Gasteiger partial charge in [0.2, 0.25) is 5.91 Å². The Morgan fingerprint density at radius 1 is 1.17 bits per heavy atom. The van der Waals surface area contributed by atoms with Gasteiger partial charge in [0, 0.05) is 54.7 Å². The molecule has 0 unspecified atom stereocenters. The summed E-state index contributed by atoms with van der Waals surface area (Å²) >= 11 is 0. The van der Waals surface area contributed by atoms with Crippen LogP contribution in [0.15, 0.2) is 48.8 Å². The maximum atomic E-state index is 12.7. The summed E-state index contributed by atoms with van der Waals surface area (Å²) < 4.78 is 0. The molecule has 0 spiro atoms. The van der Waals surface area contributed by atoms with Crippen molar-refractivity contribution >= 4 is 28.4 Å². The Morgan fingerprint density at radius 2 is 2.06 bits per heavy atom. The van der Waals surface area contributed by atoms with Crippen molar-refractivity contribution in [3.8, 4) is 17.3 Å². The minimum Gasteiger partial charge on any atom is -0.380 e. The fourth-order valence-electron chi connectivity index (χ4n) is 5.01. The molecule has 0 radical (unpaired) electrons. The maximum absolute atomic E-state index is 12.7. The number of carbonyl (C=O) groups excluding carboxylic acids is 2. The number of nitriles is 1. The number of nitrogens with two attached hydrogens (primary N) is 1. The lowest BCUT2D eigenvalue weighted by molar-refractivity contribution is -0.132. The molecule has 2 fully saturated rings. The van der Waals surface area contributed by atoms with Crippen molar-refractivity contribution in [3.05, 3.63) is 54.4 Å². The second-order valence-corrected chi connectivity index (χ2v) is 9.10. The molecule has 35 heavy (non-hydrogen) atoms. The van der Waals surface area contributed by atoms with Crippen molar-refractivity contribution in [1.82, 2.24) is 19.8 Å². The fraction of sp³-hybridized carbons (Fsp3) is 0.346. The number of pyridine rings is 2. The van der Waals surface area contributed by atoms with Crippen LogP contribution in [0.1, 0.15) is 29.6 Å². The van der Waals surface area contributed by atoms with E-state index in [1.54, 1.807) is 23.4 Å². The van der Waals surface area contributed by atoms with E-state index in [4.69, 9.17) is 10.7 Å². The molecule has 9 heteroatoms. The average Bonchev–Trinajstić information content (AvgIpc) is 3.53. The predicted molar refractivity (Wildman–Crippen MR) is 132 cm³/mol. The molecule has 2 aliphatic rings. The number of primary amides is 1. The molecule has 2 amide bonds. The van der Waals surface area contributed by atoms with Crippen molar-refractivity contribution < 1.29 is 9.59 Å². The first-order valence-corrected chi connectivity index (χ1v) is 11.9. The smallest absolute Gasteiger partial charge is 0.250 e. The fourth-order valence-corrected chi connectivity index (χ4v) is 5.01. The summed E-state index contributed by atoms with van der Waals surface area (Å²) in [5.74, 6) is -0.501. The van der Waals surface area contributed by atoms with Crippen LogP contribution >= 0.6 is 0 Å². The maximum Gasteiger partial charge on any atom is 0.250 e. The summed E-state index contributed by atoms with van der Waals surface area (Å²) in [4.78, 5) is 37.6. The Morgan fingerprint density at radius 3 is 2.83 bits per heavy atom. The molecule has 178 valence electrons. The molecular weight excluding hydrogens is 442 g/mol. The van der Waals surface area contributed by atoms with Crippen molar-refractivity contribution in [2.75, 3.05) is 31.5 Å². The molecular formula is C26H27N7O2. The molecule has 2 aromatic heterocycles. The highest BCUT2D eigenvalue weighted by atomic mass is 16.2. The summed E-state index contributed by atoms with van der Waals surface area (Å²) in [6.45, 7) is 2.51. The number of fused-ring (bicyclic) bond motifs is 1. The molecule has 0 bridgehead atoms. The van der Waals surface area contributed by atoms with Gasteiger partial charge < -0.3 is 16.0 Å². The molecule has 2 saturated heterocycles. The highest BCUT2D eigenvalue weighted by molar-refractivity contribution is 6.08. The van der Waals surface area contributed by atoms with Crippen LogP contribution in [0.2, 0.25) is 0 Å². The zero-order valence-corrected chi connectivity index (χ0v) is 19.4. The minimum atomic E-state index is -0.527. The SMILES string of the molecule is N#C[C@@H]1CCCN1C(=O)CN1CC[C@H](Nc2ccc(C(N)=O)c3nc(-c4cccnc4)ccc23)C1. The van der Waals surface area contributed by atoms with Gasteiger partial charge in [0.05, 0.1) is 29.4 Å². The van der Waals surface area contributed by atoms with Gasteiger partial charge in [-0.3, -0.25) is 19.5 Å². The highest BCUT2D eigenvalue weighted by Crippen LogP contribution is 2.30. The second-order valence-electron chi connectivity index (χ2n) is 9.10. The quantitative estimate of drug-likeness (QED) is 0.567. The molecule has 0 aliphatic carbocycles. The second kappa shape index (κ2) is 9.68. The summed E-state index contributed by atoms with van der Waals surface area (Å²) in [6.07, 6.45) is 5.97. The largest absolute Gasteiger partial charge is 0.380 e. The number of benzene rings is 1. The number of nitrogens with one attached hydrogen (secondary N) is 1. The van der Waals surface area contributed by atoms with Crippen LogP contribution in [0.5, 0.6) is 0 Å². The number of carbonyl (C=O) groups is 2. The summed E-state index contributed by atoms with van der Waals surface area (Å²) in [6, 6.07) is 13.3. The first-order valence-electron chi connectivity index (χ1n) is 11.9. The van der Waals surface area contributed by atoms with Gasteiger partial charge in [0.15, 0.2) is 0 Å². The van der Waals surface area contributed by atoms with E-state index in [1.807, 2.05) is 30.3 Å². The molecule has 5 rings (SSSR count). The molecule has 3 aromatic rings.